The molecule has 4 atom stereocenters. The maximum atomic E-state index is 12.6. The molecule has 0 N–H and O–H groups in total. The highest BCUT2D eigenvalue weighted by atomic mass is 79.9. The first kappa shape index (κ1) is 18.3. The first-order valence-corrected chi connectivity index (χ1v) is 10.9. The number of ether oxygens (including phenoxy) is 1. The third-order valence-electron chi connectivity index (χ3n) is 6.87. The molecular formula is C22H25BrN2O3. The second-order valence-corrected chi connectivity index (χ2v) is 11.2. The highest BCUT2D eigenvalue weighted by Crippen LogP contribution is 2.65. The highest BCUT2D eigenvalue weighted by Gasteiger charge is 2.57. The molecule has 0 saturated heterocycles. The van der Waals surface area contributed by atoms with Gasteiger partial charge in [0.05, 0.1) is 12.1 Å². The van der Waals surface area contributed by atoms with Gasteiger partial charge in [-0.2, -0.15) is 0 Å². The van der Waals surface area contributed by atoms with Crippen molar-refractivity contribution in [1.82, 2.24) is 9.38 Å². The topological polar surface area (TPSA) is 60.7 Å². The Bertz CT molecular complexity index is 1000. The Morgan fingerprint density at radius 3 is 2.75 bits per heavy atom. The second-order valence-electron chi connectivity index (χ2n) is 9.47. The number of hydrogen-bond donors (Lipinski definition) is 0. The fourth-order valence-corrected chi connectivity index (χ4v) is 7.90. The molecule has 0 amide bonds. The van der Waals surface area contributed by atoms with E-state index < -0.39 is 0 Å². The van der Waals surface area contributed by atoms with E-state index in [-0.39, 0.29) is 27.9 Å². The summed E-state index contributed by atoms with van der Waals surface area (Å²) >= 11 is 4.00. The van der Waals surface area contributed by atoms with Crippen LogP contribution in [0, 0.1) is 24.2 Å². The van der Waals surface area contributed by atoms with Crippen LogP contribution in [0.5, 0.6) is 0 Å². The zero-order valence-electron chi connectivity index (χ0n) is 16.1. The number of aromatic nitrogens is 2. The van der Waals surface area contributed by atoms with Crippen molar-refractivity contribution in [3.05, 3.63) is 46.0 Å². The third-order valence-corrected chi connectivity index (χ3v) is 7.80. The number of esters is 1. The largest absolute Gasteiger partial charge is 0.459 e. The van der Waals surface area contributed by atoms with E-state index in [1.54, 1.807) is 6.20 Å². The van der Waals surface area contributed by atoms with Gasteiger partial charge in [0.25, 0.3) is 5.56 Å². The molecule has 6 rings (SSSR count). The number of alkyl halides is 1. The lowest BCUT2D eigenvalue weighted by Gasteiger charge is -2.60. The lowest BCUT2D eigenvalue weighted by atomic mass is 9.49. The molecule has 0 radical (unpaired) electrons. The van der Waals surface area contributed by atoms with Crippen LogP contribution in [-0.2, 0) is 16.1 Å². The van der Waals surface area contributed by atoms with Crippen LogP contribution in [0.15, 0.2) is 29.2 Å². The van der Waals surface area contributed by atoms with Gasteiger partial charge in [-0.3, -0.25) is 14.0 Å². The molecule has 4 saturated carbocycles. The minimum atomic E-state index is -0.163. The van der Waals surface area contributed by atoms with Gasteiger partial charge in [-0.25, -0.2) is 4.98 Å². The Morgan fingerprint density at radius 1 is 1.29 bits per heavy atom. The number of carbonyl (C=O) groups excluding carboxylic acids is 1. The zero-order valence-corrected chi connectivity index (χ0v) is 17.7. The Labute approximate surface area is 172 Å². The van der Waals surface area contributed by atoms with E-state index in [0.29, 0.717) is 17.8 Å². The minimum absolute atomic E-state index is 0.0564. The predicted molar refractivity (Wildman–Crippen MR) is 109 cm³/mol. The number of hydrogen-bond acceptors (Lipinski definition) is 4. The number of aryl methyl sites for hydroxylation is 1. The van der Waals surface area contributed by atoms with Gasteiger partial charge in [-0.05, 0) is 74.3 Å². The molecule has 2 aromatic rings. The van der Waals surface area contributed by atoms with Crippen LogP contribution in [0.4, 0.5) is 0 Å². The van der Waals surface area contributed by atoms with Gasteiger partial charge in [-0.15, -0.1) is 0 Å². The number of pyridine rings is 1. The summed E-state index contributed by atoms with van der Waals surface area (Å²) in [5.74, 6) is 1.34. The van der Waals surface area contributed by atoms with Crippen LogP contribution in [0.25, 0.3) is 5.65 Å². The van der Waals surface area contributed by atoms with E-state index in [1.807, 2.05) is 19.1 Å². The molecule has 4 bridgehead atoms. The van der Waals surface area contributed by atoms with E-state index >= 15 is 0 Å². The summed E-state index contributed by atoms with van der Waals surface area (Å²) < 4.78 is 7.32. The first-order valence-electron chi connectivity index (χ1n) is 10.2. The molecule has 28 heavy (non-hydrogen) atoms. The summed E-state index contributed by atoms with van der Waals surface area (Å²) in [6.45, 7) is 1.99. The Kier molecular flexibility index (Phi) is 4.20. The van der Waals surface area contributed by atoms with E-state index in [9.17, 15) is 9.59 Å². The molecule has 4 aliphatic rings. The van der Waals surface area contributed by atoms with Gasteiger partial charge in [0.2, 0.25) is 0 Å². The summed E-state index contributed by atoms with van der Waals surface area (Å²) in [4.78, 5) is 29.4. The third kappa shape index (κ3) is 3.30. The molecule has 5 nitrogen and oxygen atoms in total. The van der Waals surface area contributed by atoms with Crippen molar-refractivity contribution in [2.45, 2.75) is 62.8 Å². The predicted octanol–water partition coefficient (Wildman–Crippen LogP) is 4.17. The maximum Gasteiger partial charge on any atom is 0.306 e. The lowest BCUT2D eigenvalue weighted by Crippen LogP contribution is -2.53. The number of nitrogens with zero attached hydrogens (tertiary/aromatic N) is 2. The fraction of sp³-hybridized carbons (Fsp3) is 0.591. The molecule has 0 aliphatic heterocycles. The number of fused-ring (bicyclic) bond motifs is 1. The van der Waals surface area contributed by atoms with Crippen LogP contribution in [0.3, 0.4) is 0 Å². The summed E-state index contributed by atoms with van der Waals surface area (Å²) in [6, 6.07) is 5.19. The molecule has 0 spiro atoms. The van der Waals surface area contributed by atoms with Crippen LogP contribution in [-0.4, -0.2) is 19.7 Å². The van der Waals surface area contributed by atoms with Crippen LogP contribution in [0.1, 0.15) is 56.2 Å². The van der Waals surface area contributed by atoms with Crippen molar-refractivity contribution in [2.75, 3.05) is 0 Å². The number of carbonyl (C=O) groups is 1. The first-order chi connectivity index (χ1) is 13.3. The van der Waals surface area contributed by atoms with Crippen molar-refractivity contribution in [2.24, 2.45) is 17.3 Å². The molecule has 6 heteroatoms. The van der Waals surface area contributed by atoms with Crippen LogP contribution >= 0.6 is 15.9 Å². The van der Waals surface area contributed by atoms with E-state index in [2.05, 4.69) is 20.9 Å². The van der Waals surface area contributed by atoms with Gasteiger partial charge in [0.1, 0.15) is 12.3 Å². The summed E-state index contributed by atoms with van der Waals surface area (Å²) in [5.41, 5.74) is 2.02. The molecule has 0 aromatic carbocycles. The monoisotopic (exact) mass is 444 g/mol. The molecule has 2 aromatic heterocycles. The van der Waals surface area contributed by atoms with E-state index in [1.165, 1.54) is 29.7 Å². The molecule has 148 valence electrons. The standard InChI is InChI=1S/C22H25BrN2O3/c1-14-2-3-18-24-17(5-19(26)25(18)11-14)12-28-20(27)10-21-6-15-4-16(7-21)9-22(23,8-15)13-21/h2-3,5,11,15-16H,4,6-10,12-13H2,1H3/t15-,16+,21?,22?. The molecule has 2 heterocycles. The van der Waals surface area contributed by atoms with E-state index in [4.69, 9.17) is 4.74 Å². The lowest BCUT2D eigenvalue weighted by molar-refractivity contribution is -0.152. The molecule has 4 aliphatic carbocycles. The number of rotatable bonds is 4. The van der Waals surface area contributed by atoms with Crippen molar-refractivity contribution < 1.29 is 9.53 Å². The Morgan fingerprint density at radius 2 is 2.04 bits per heavy atom. The van der Waals surface area contributed by atoms with Crippen molar-refractivity contribution in [3.8, 4) is 0 Å². The summed E-state index contributed by atoms with van der Waals surface area (Å²) in [5, 5.41) is 0. The van der Waals surface area contributed by atoms with Gasteiger partial charge in [-0.1, -0.05) is 22.0 Å². The molecular weight excluding hydrogens is 420 g/mol. The fourth-order valence-electron chi connectivity index (χ4n) is 6.39. The Balaban J connectivity index is 1.28. The highest BCUT2D eigenvalue weighted by molar-refractivity contribution is 9.10. The average molecular weight is 445 g/mol. The summed E-state index contributed by atoms with van der Waals surface area (Å²) in [7, 11) is 0. The van der Waals surface area contributed by atoms with Crippen LogP contribution < -0.4 is 5.56 Å². The van der Waals surface area contributed by atoms with Gasteiger partial charge in [0.15, 0.2) is 0 Å². The van der Waals surface area contributed by atoms with Gasteiger partial charge >= 0.3 is 5.97 Å². The van der Waals surface area contributed by atoms with Crippen LogP contribution in [0.2, 0.25) is 0 Å². The molecule has 4 fully saturated rings. The quantitative estimate of drug-likeness (QED) is 0.524. The zero-order chi connectivity index (χ0) is 19.5. The van der Waals surface area contributed by atoms with Crippen molar-refractivity contribution in [3.63, 3.8) is 0 Å². The van der Waals surface area contributed by atoms with Crippen molar-refractivity contribution in [1.29, 1.82) is 0 Å². The normalized spacial score (nSPS) is 33.4. The smallest absolute Gasteiger partial charge is 0.306 e. The number of halogens is 1. The molecule has 2 unspecified atom stereocenters. The van der Waals surface area contributed by atoms with E-state index in [0.717, 1.165) is 36.7 Å². The minimum Gasteiger partial charge on any atom is -0.459 e. The van der Waals surface area contributed by atoms with Gasteiger partial charge in [0, 0.05) is 16.6 Å². The average Bonchev–Trinajstić information content (AvgIpc) is 2.58. The Hall–Kier alpha value is -1.69. The SMILES string of the molecule is Cc1ccc2nc(COC(=O)CC34C[C@@H]5C[C@@H](CC(Br)(C5)C3)C4)cc(=O)n2c1. The summed E-state index contributed by atoms with van der Waals surface area (Å²) in [6.07, 6.45) is 9.48. The maximum absolute atomic E-state index is 12.6. The second kappa shape index (κ2) is 6.41. The van der Waals surface area contributed by atoms with Crippen molar-refractivity contribution >= 4 is 27.5 Å². The van der Waals surface area contributed by atoms with Gasteiger partial charge < -0.3 is 4.74 Å².